The van der Waals surface area contributed by atoms with Gasteiger partial charge in [-0.15, -0.1) is 0 Å². The third-order valence-electron chi connectivity index (χ3n) is 5.74. The van der Waals surface area contributed by atoms with Crippen molar-refractivity contribution >= 4 is 28.0 Å². The van der Waals surface area contributed by atoms with E-state index in [1.54, 1.807) is 30.2 Å². The molecule has 1 fully saturated rings. The molecule has 0 saturated carbocycles. The molecule has 4 aromatic rings. The average molecular weight is 495 g/mol. The molecule has 0 unspecified atom stereocenters. The van der Waals surface area contributed by atoms with Crippen molar-refractivity contribution in [3.05, 3.63) is 76.5 Å². The van der Waals surface area contributed by atoms with E-state index < -0.39 is 0 Å². The second kappa shape index (κ2) is 9.80. The molecule has 0 bridgehead atoms. The Kier molecular flexibility index (Phi) is 6.43. The number of fused-ring (bicyclic) bond motifs is 1. The molecule has 0 spiro atoms. The lowest BCUT2D eigenvalue weighted by Crippen LogP contribution is -2.49. The Bertz CT molecular complexity index is 1430. The number of nitrogens with one attached hydrogen (secondary N) is 1. The van der Waals surface area contributed by atoms with E-state index in [4.69, 9.17) is 4.74 Å². The fourth-order valence-corrected chi connectivity index (χ4v) is 4.84. The predicted molar refractivity (Wildman–Crippen MR) is 131 cm³/mol. The van der Waals surface area contributed by atoms with Crippen molar-refractivity contribution in [3.8, 4) is 16.3 Å². The lowest BCUT2D eigenvalue weighted by molar-refractivity contribution is 0.142. The zero-order chi connectivity index (χ0) is 24.4. The van der Waals surface area contributed by atoms with Crippen LogP contribution in [-0.2, 0) is 6.54 Å². The summed E-state index contributed by atoms with van der Waals surface area (Å²) in [6.45, 7) is 2.92. The number of hydrogen-bond acceptors (Lipinski definition) is 7. The topological polar surface area (TPSA) is 92.1 Å². The summed E-state index contributed by atoms with van der Waals surface area (Å²) < 4.78 is 20.0. The van der Waals surface area contributed by atoms with Crippen molar-refractivity contribution in [2.45, 2.75) is 6.54 Å². The number of aromatic nitrogens is 3. The SMILES string of the molecule is COc1cccc(NC(=O)N2CCN(Cc3cc(=O)n4nc(-c5cccc(F)c5)sc4n3)CC2)c1. The quantitative estimate of drug-likeness (QED) is 0.458. The lowest BCUT2D eigenvalue weighted by atomic mass is 10.2. The number of nitrogens with zero attached hydrogens (tertiary/aromatic N) is 5. The van der Waals surface area contributed by atoms with Crippen LogP contribution in [0.5, 0.6) is 5.75 Å². The molecular formula is C24H23FN6O3S. The van der Waals surface area contributed by atoms with Crippen molar-refractivity contribution in [3.63, 3.8) is 0 Å². The summed E-state index contributed by atoms with van der Waals surface area (Å²) in [4.78, 5) is 34.2. The van der Waals surface area contributed by atoms with E-state index in [0.717, 1.165) is 0 Å². The fourth-order valence-electron chi connectivity index (χ4n) is 3.92. The average Bonchev–Trinajstić information content (AvgIpc) is 3.29. The van der Waals surface area contributed by atoms with E-state index in [-0.39, 0.29) is 17.4 Å². The molecular weight excluding hydrogens is 471 g/mol. The van der Waals surface area contributed by atoms with Gasteiger partial charge in [0.15, 0.2) is 0 Å². The molecule has 1 saturated heterocycles. The molecule has 5 rings (SSSR count). The molecule has 0 aliphatic carbocycles. The first-order valence-corrected chi connectivity index (χ1v) is 11.9. The molecule has 180 valence electrons. The standard InChI is InChI=1S/C24H23FN6O3S/c1-34-20-7-3-6-18(13-20)26-23(33)30-10-8-29(9-11-30)15-19-14-21(32)31-24(27-19)35-22(28-31)16-4-2-5-17(25)12-16/h2-7,12-14H,8-11,15H2,1H3,(H,26,33). The summed E-state index contributed by atoms with van der Waals surface area (Å²) in [5.41, 5.74) is 1.64. The number of urea groups is 1. The Labute approximate surface area is 204 Å². The second-order valence-electron chi connectivity index (χ2n) is 8.12. The molecule has 2 aromatic carbocycles. The van der Waals surface area contributed by atoms with Crippen LogP contribution in [0.3, 0.4) is 0 Å². The monoisotopic (exact) mass is 494 g/mol. The highest BCUT2D eigenvalue weighted by molar-refractivity contribution is 7.19. The highest BCUT2D eigenvalue weighted by Gasteiger charge is 2.22. The smallest absolute Gasteiger partial charge is 0.321 e. The number of anilines is 1. The van der Waals surface area contributed by atoms with Crippen LogP contribution in [0, 0.1) is 5.82 Å². The van der Waals surface area contributed by atoms with Gasteiger partial charge in [0.25, 0.3) is 5.56 Å². The van der Waals surface area contributed by atoms with Gasteiger partial charge >= 0.3 is 6.03 Å². The molecule has 0 radical (unpaired) electrons. The molecule has 3 heterocycles. The number of carbonyl (C=O) groups excluding carboxylic acids is 1. The van der Waals surface area contributed by atoms with Crippen molar-refractivity contribution in [1.29, 1.82) is 0 Å². The predicted octanol–water partition coefficient (Wildman–Crippen LogP) is 3.32. The molecule has 9 nitrogen and oxygen atoms in total. The van der Waals surface area contributed by atoms with Crippen LogP contribution in [-0.4, -0.2) is 63.7 Å². The van der Waals surface area contributed by atoms with Crippen molar-refractivity contribution in [2.75, 3.05) is 38.6 Å². The van der Waals surface area contributed by atoms with Gasteiger partial charge in [0, 0.05) is 56.1 Å². The summed E-state index contributed by atoms with van der Waals surface area (Å²) in [6, 6.07) is 14.6. The highest BCUT2D eigenvalue weighted by Crippen LogP contribution is 2.25. The first-order valence-electron chi connectivity index (χ1n) is 11.1. The van der Waals surface area contributed by atoms with Crippen LogP contribution >= 0.6 is 11.3 Å². The molecule has 1 N–H and O–H groups in total. The molecule has 1 aliphatic heterocycles. The van der Waals surface area contributed by atoms with Gasteiger partial charge in [-0.05, 0) is 24.3 Å². The molecule has 2 amide bonds. The Hall–Kier alpha value is -3.83. The van der Waals surface area contributed by atoms with E-state index in [2.05, 4.69) is 20.3 Å². The Morgan fingerprint density at radius 2 is 1.91 bits per heavy atom. The number of methoxy groups -OCH3 is 1. The van der Waals surface area contributed by atoms with Gasteiger partial charge < -0.3 is 15.0 Å². The van der Waals surface area contributed by atoms with E-state index in [1.807, 2.05) is 18.2 Å². The zero-order valence-corrected chi connectivity index (χ0v) is 19.8. The second-order valence-corrected chi connectivity index (χ2v) is 9.08. The maximum Gasteiger partial charge on any atom is 0.321 e. The fraction of sp³-hybridized carbons (Fsp3) is 0.250. The molecule has 2 aromatic heterocycles. The number of piperazine rings is 1. The summed E-state index contributed by atoms with van der Waals surface area (Å²) >= 11 is 1.24. The van der Waals surface area contributed by atoms with Crippen LogP contribution in [0.25, 0.3) is 15.5 Å². The van der Waals surface area contributed by atoms with E-state index in [0.29, 0.717) is 65.4 Å². The Morgan fingerprint density at radius 3 is 2.69 bits per heavy atom. The van der Waals surface area contributed by atoms with E-state index >= 15 is 0 Å². The van der Waals surface area contributed by atoms with Gasteiger partial charge in [0.2, 0.25) is 4.96 Å². The van der Waals surface area contributed by atoms with E-state index in [9.17, 15) is 14.0 Å². The van der Waals surface area contributed by atoms with Crippen molar-refractivity contribution in [2.24, 2.45) is 0 Å². The summed E-state index contributed by atoms with van der Waals surface area (Å²) in [5.74, 6) is 0.316. The van der Waals surface area contributed by atoms with Crippen LogP contribution in [0.2, 0.25) is 0 Å². The summed E-state index contributed by atoms with van der Waals surface area (Å²) in [6.07, 6.45) is 0. The number of halogens is 1. The van der Waals surface area contributed by atoms with Crippen LogP contribution in [0.4, 0.5) is 14.9 Å². The molecule has 1 aliphatic rings. The Balaban J connectivity index is 1.22. The minimum Gasteiger partial charge on any atom is -0.497 e. The van der Waals surface area contributed by atoms with E-state index in [1.165, 1.54) is 34.1 Å². The number of benzene rings is 2. The lowest BCUT2D eigenvalue weighted by Gasteiger charge is -2.34. The highest BCUT2D eigenvalue weighted by atomic mass is 32.1. The largest absolute Gasteiger partial charge is 0.497 e. The maximum absolute atomic E-state index is 13.6. The van der Waals surface area contributed by atoms with Gasteiger partial charge in [-0.2, -0.15) is 9.61 Å². The third-order valence-corrected chi connectivity index (χ3v) is 6.69. The van der Waals surface area contributed by atoms with Crippen molar-refractivity contribution in [1.82, 2.24) is 24.4 Å². The van der Waals surface area contributed by atoms with Gasteiger partial charge in [-0.25, -0.2) is 14.2 Å². The number of carbonyl (C=O) groups is 1. The third kappa shape index (κ3) is 5.15. The zero-order valence-electron chi connectivity index (χ0n) is 19.0. The van der Waals surface area contributed by atoms with Gasteiger partial charge in [0.1, 0.15) is 16.6 Å². The van der Waals surface area contributed by atoms with Crippen molar-refractivity contribution < 1.29 is 13.9 Å². The van der Waals surface area contributed by atoms with Gasteiger partial charge in [0.05, 0.1) is 12.8 Å². The molecule has 35 heavy (non-hydrogen) atoms. The van der Waals surface area contributed by atoms with Gasteiger partial charge in [-0.1, -0.05) is 29.5 Å². The molecule has 0 atom stereocenters. The number of ether oxygens (including phenoxy) is 1. The van der Waals surface area contributed by atoms with Gasteiger partial charge in [-0.3, -0.25) is 9.69 Å². The normalized spacial score (nSPS) is 14.3. The van der Waals surface area contributed by atoms with Crippen LogP contribution in [0.1, 0.15) is 5.69 Å². The summed E-state index contributed by atoms with van der Waals surface area (Å²) in [7, 11) is 1.58. The summed E-state index contributed by atoms with van der Waals surface area (Å²) in [5, 5.41) is 7.74. The first-order chi connectivity index (χ1) is 17.0. The Morgan fingerprint density at radius 1 is 1.11 bits per heavy atom. The first kappa shape index (κ1) is 22.9. The van der Waals surface area contributed by atoms with Crippen LogP contribution in [0.15, 0.2) is 59.4 Å². The number of amides is 2. The number of rotatable bonds is 5. The minimum atomic E-state index is -0.362. The minimum absolute atomic E-state index is 0.162. The van der Waals surface area contributed by atoms with Crippen LogP contribution < -0.4 is 15.6 Å². The maximum atomic E-state index is 13.6. The molecule has 11 heteroatoms. The number of hydrogen-bond donors (Lipinski definition) is 1.